The first-order valence-corrected chi connectivity index (χ1v) is 5.74. The standard InChI is InChI=1S/C15H13FO2/c1-2-10-9-11(15(17)18)7-8-12(10)13-5-3-4-6-14(13)16/h3-9H,2H2,1H3,(H,17,18). The fourth-order valence-electron chi connectivity index (χ4n) is 1.96. The van der Waals surface area contributed by atoms with Gasteiger partial charge in [-0.15, -0.1) is 0 Å². The second kappa shape index (κ2) is 5.00. The van der Waals surface area contributed by atoms with E-state index in [0.29, 0.717) is 12.0 Å². The topological polar surface area (TPSA) is 37.3 Å². The van der Waals surface area contributed by atoms with Crippen LogP contribution in [0.4, 0.5) is 4.39 Å². The summed E-state index contributed by atoms with van der Waals surface area (Å²) >= 11 is 0. The highest BCUT2D eigenvalue weighted by molar-refractivity contribution is 5.89. The van der Waals surface area contributed by atoms with E-state index in [2.05, 4.69) is 0 Å². The molecule has 0 aromatic heterocycles. The number of carboxylic acid groups (broad SMARTS) is 1. The highest BCUT2D eigenvalue weighted by atomic mass is 19.1. The zero-order chi connectivity index (χ0) is 13.1. The summed E-state index contributed by atoms with van der Waals surface area (Å²) in [6.45, 7) is 1.92. The summed E-state index contributed by atoms with van der Waals surface area (Å²) in [5.41, 5.74) is 2.32. The van der Waals surface area contributed by atoms with Gasteiger partial charge in [0, 0.05) is 5.56 Å². The Morgan fingerprint density at radius 2 is 1.89 bits per heavy atom. The van der Waals surface area contributed by atoms with Crippen LogP contribution in [0.15, 0.2) is 42.5 Å². The molecule has 0 aliphatic rings. The van der Waals surface area contributed by atoms with Gasteiger partial charge in [-0.05, 0) is 35.7 Å². The summed E-state index contributed by atoms with van der Waals surface area (Å²) in [5, 5.41) is 8.95. The first kappa shape index (κ1) is 12.3. The van der Waals surface area contributed by atoms with E-state index in [4.69, 9.17) is 5.11 Å². The van der Waals surface area contributed by atoms with Gasteiger partial charge in [0.1, 0.15) is 5.82 Å². The largest absolute Gasteiger partial charge is 0.478 e. The van der Waals surface area contributed by atoms with E-state index < -0.39 is 5.97 Å². The lowest BCUT2D eigenvalue weighted by molar-refractivity contribution is 0.0697. The molecule has 92 valence electrons. The number of hydrogen-bond acceptors (Lipinski definition) is 1. The van der Waals surface area contributed by atoms with Gasteiger partial charge in [-0.2, -0.15) is 0 Å². The molecule has 2 rings (SSSR count). The number of hydrogen-bond donors (Lipinski definition) is 1. The summed E-state index contributed by atoms with van der Waals surface area (Å²) in [6.07, 6.45) is 0.658. The van der Waals surface area contributed by atoms with Crippen molar-refractivity contribution < 1.29 is 14.3 Å². The third-order valence-electron chi connectivity index (χ3n) is 2.90. The van der Waals surface area contributed by atoms with Crippen molar-refractivity contribution in [2.45, 2.75) is 13.3 Å². The average molecular weight is 244 g/mol. The Bertz CT molecular complexity index is 591. The lowest BCUT2D eigenvalue weighted by Gasteiger charge is -2.10. The van der Waals surface area contributed by atoms with E-state index in [1.807, 2.05) is 6.92 Å². The van der Waals surface area contributed by atoms with Crippen LogP contribution in [0, 0.1) is 5.82 Å². The molecule has 0 spiro atoms. The minimum Gasteiger partial charge on any atom is -0.478 e. The van der Waals surface area contributed by atoms with E-state index in [0.717, 1.165) is 11.1 Å². The van der Waals surface area contributed by atoms with Gasteiger partial charge in [-0.1, -0.05) is 31.2 Å². The molecule has 18 heavy (non-hydrogen) atoms. The minimum absolute atomic E-state index is 0.229. The van der Waals surface area contributed by atoms with Crippen molar-refractivity contribution in [1.29, 1.82) is 0 Å². The van der Waals surface area contributed by atoms with Crippen molar-refractivity contribution in [3.8, 4) is 11.1 Å². The maximum Gasteiger partial charge on any atom is 0.335 e. The smallest absolute Gasteiger partial charge is 0.335 e. The highest BCUT2D eigenvalue weighted by Crippen LogP contribution is 2.27. The Balaban J connectivity index is 2.58. The molecule has 0 radical (unpaired) electrons. The first-order valence-electron chi connectivity index (χ1n) is 5.74. The predicted octanol–water partition coefficient (Wildman–Crippen LogP) is 3.75. The quantitative estimate of drug-likeness (QED) is 0.892. The van der Waals surface area contributed by atoms with E-state index in [-0.39, 0.29) is 11.4 Å². The normalized spacial score (nSPS) is 10.3. The molecule has 0 saturated heterocycles. The first-order chi connectivity index (χ1) is 8.63. The molecule has 2 nitrogen and oxygen atoms in total. The van der Waals surface area contributed by atoms with E-state index in [1.165, 1.54) is 12.1 Å². The van der Waals surface area contributed by atoms with E-state index >= 15 is 0 Å². The van der Waals surface area contributed by atoms with Crippen molar-refractivity contribution in [1.82, 2.24) is 0 Å². The Morgan fingerprint density at radius 3 is 2.50 bits per heavy atom. The second-order valence-electron chi connectivity index (χ2n) is 4.01. The van der Waals surface area contributed by atoms with Gasteiger partial charge in [0.15, 0.2) is 0 Å². The summed E-state index contributed by atoms with van der Waals surface area (Å²) in [6, 6.07) is 11.3. The molecule has 0 bridgehead atoms. The average Bonchev–Trinajstić information content (AvgIpc) is 2.38. The van der Waals surface area contributed by atoms with Gasteiger partial charge < -0.3 is 5.11 Å². The van der Waals surface area contributed by atoms with E-state index in [9.17, 15) is 9.18 Å². The van der Waals surface area contributed by atoms with Crippen LogP contribution >= 0.6 is 0 Å². The Kier molecular flexibility index (Phi) is 3.42. The monoisotopic (exact) mass is 244 g/mol. The van der Waals surface area contributed by atoms with Crippen LogP contribution < -0.4 is 0 Å². The van der Waals surface area contributed by atoms with Gasteiger partial charge >= 0.3 is 5.97 Å². The van der Waals surface area contributed by atoms with Crippen LogP contribution in [0.25, 0.3) is 11.1 Å². The molecule has 0 amide bonds. The van der Waals surface area contributed by atoms with Gasteiger partial charge in [-0.25, -0.2) is 9.18 Å². The van der Waals surface area contributed by atoms with Crippen molar-refractivity contribution in [3.05, 3.63) is 59.4 Å². The fourth-order valence-corrected chi connectivity index (χ4v) is 1.96. The highest BCUT2D eigenvalue weighted by Gasteiger charge is 2.11. The van der Waals surface area contributed by atoms with Crippen molar-refractivity contribution in [2.75, 3.05) is 0 Å². The molecular weight excluding hydrogens is 231 g/mol. The molecule has 0 unspecified atom stereocenters. The zero-order valence-corrected chi connectivity index (χ0v) is 9.98. The molecule has 1 N–H and O–H groups in total. The SMILES string of the molecule is CCc1cc(C(=O)O)ccc1-c1ccccc1F. The van der Waals surface area contributed by atoms with Gasteiger partial charge in [-0.3, -0.25) is 0 Å². The minimum atomic E-state index is -0.968. The van der Waals surface area contributed by atoms with Crippen LogP contribution in [0.5, 0.6) is 0 Å². The third kappa shape index (κ3) is 2.25. The number of benzene rings is 2. The molecule has 3 heteroatoms. The number of rotatable bonds is 3. The second-order valence-corrected chi connectivity index (χ2v) is 4.01. The van der Waals surface area contributed by atoms with Crippen LogP contribution in [-0.2, 0) is 6.42 Å². The third-order valence-corrected chi connectivity index (χ3v) is 2.90. The van der Waals surface area contributed by atoms with Gasteiger partial charge in [0.2, 0.25) is 0 Å². The Morgan fingerprint density at radius 1 is 1.17 bits per heavy atom. The maximum absolute atomic E-state index is 13.7. The molecule has 2 aromatic rings. The molecule has 0 aliphatic carbocycles. The number of aromatic carboxylic acids is 1. The summed E-state index contributed by atoms with van der Waals surface area (Å²) in [5.74, 6) is -1.26. The number of carboxylic acids is 1. The van der Waals surface area contributed by atoms with Crippen molar-refractivity contribution in [3.63, 3.8) is 0 Å². The number of halogens is 1. The Hall–Kier alpha value is -2.16. The molecule has 0 fully saturated rings. The fraction of sp³-hybridized carbons (Fsp3) is 0.133. The predicted molar refractivity (Wildman–Crippen MR) is 68.2 cm³/mol. The summed E-state index contributed by atoms with van der Waals surface area (Å²) in [4.78, 5) is 10.9. The Labute approximate surface area is 105 Å². The van der Waals surface area contributed by atoms with Gasteiger partial charge in [0.25, 0.3) is 0 Å². The molecular formula is C15H13FO2. The molecule has 0 heterocycles. The molecule has 0 aliphatic heterocycles. The van der Waals surface area contributed by atoms with E-state index in [1.54, 1.807) is 30.3 Å². The lowest BCUT2D eigenvalue weighted by Crippen LogP contribution is -1.99. The maximum atomic E-state index is 13.7. The van der Waals surface area contributed by atoms with Crippen LogP contribution in [-0.4, -0.2) is 11.1 Å². The van der Waals surface area contributed by atoms with Crippen molar-refractivity contribution in [2.24, 2.45) is 0 Å². The van der Waals surface area contributed by atoms with Crippen LogP contribution in [0.1, 0.15) is 22.8 Å². The zero-order valence-electron chi connectivity index (χ0n) is 9.98. The molecule has 0 saturated carbocycles. The van der Waals surface area contributed by atoms with Crippen LogP contribution in [0.3, 0.4) is 0 Å². The van der Waals surface area contributed by atoms with Crippen molar-refractivity contribution >= 4 is 5.97 Å². The molecule has 0 atom stereocenters. The lowest BCUT2D eigenvalue weighted by atomic mass is 9.95. The number of aryl methyl sites for hydroxylation is 1. The summed E-state index contributed by atoms with van der Waals surface area (Å²) in [7, 11) is 0. The van der Waals surface area contributed by atoms with Gasteiger partial charge in [0.05, 0.1) is 5.56 Å². The van der Waals surface area contributed by atoms with Crippen LogP contribution in [0.2, 0.25) is 0 Å². The number of carbonyl (C=O) groups is 1. The molecule has 2 aromatic carbocycles. The summed E-state index contributed by atoms with van der Waals surface area (Å²) < 4.78 is 13.7.